The molecule has 1 aliphatic rings. The Morgan fingerprint density at radius 2 is 2.10 bits per heavy atom. The molecule has 1 unspecified atom stereocenters. The first-order chi connectivity index (χ1) is 10.00. The van der Waals surface area contributed by atoms with Gasteiger partial charge in [-0.25, -0.2) is 0 Å². The normalized spacial score (nSPS) is 20.4. The molecule has 0 bridgehead atoms. The Hall–Kier alpha value is -0.420. The Balaban J connectivity index is 1.89. The van der Waals surface area contributed by atoms with Gasteiger partial charge in [-0.15, -0.1) is 0 Å². The highest BCUT2D eigenvalue weighted by Crippen LogP contribution is 2.24. The fourth-order valence-corrected chi connectivity index (χ4v) is 3.34. The van der Waals surface area contributed by atoms with Gasteiger partial charge in [0.2, 0.25) is 0 Å². The van der Waals surface area contributed by atoms with Crippen molar-refractivity contribution < 1.29 is 5.11 Å². The average Bonchev–Trinajstić information content (AvgIpc) is 2.44. The Kier molecular flexibility index (Phi) is 6.23. The van der Waals surface area contributed by atoms with E-state index in [1.807, 2.05) is 6.92 Å². The maximum atomic E-state index is 10.0. The van der Waals surface area contributed by atoms with Gasteiger partial charge in [0.1, 0.15) is 0 Å². The van der Waals surface area contributed by atoms with Crippen molar-refractivity contribution in [3.05, 3.63) is 34.3 Å². The Morgan fingerprint density at radius 1 is 1.38 bits per heavy atom. The largest absolute Gasteiger partial charge is 0.390 e. The van der Waals surface area contributed by atoms with E-state index in [4.69, 9.17) is 0 Å². The number of nitrogens with zero attached hydrogens (tertiary/aromatic N) is 1. The van der Waals surface area contributed by atoms with Gasteiger partial charge in [0.25, 0.3) is 0 Å². The number of piperidine rings is 1. The molecule has 0 saturated carbocycles. The molecule has 1 saturated heterocycles. The minimum atomic E-state index is -0.456. The first kappa shape index (κ1) is 16.9. The van der Waals surface area contributed by atoms with Crippen LogP contribution in [0, 0.1) is 0 Å². The summed E-state index contributed by atoms with van der Waals surface area (Å²) in [5.74, 6) is 0. The molecule has 1 aromatic carbocycles. The zero-order valence-corrected chi connectivity index (χ0v) is 14.7. The van der Waals surface area contributed by atoms with Gasteiger partial charge in [0, 0.05) is 23.6 Å². The fraction of sp³-hybridized carbons (Fsp3) is 0.647. The molecule has 0 radical (unpaired) electrons. The van der Waals surface area contributed by atoms with Gasteiger partial charge in [-0.05, 0) is 57.0 Å². The molecular weight excluding hydrogens is 328 g/mol. The van der Waals surface area contributed by atoms with E-state index in [0.29, 0.717) is 6.04 Å². The van der Waals surface area contributed by atoms with Crippen molar-refractivity contribution in [1.29, 1.82) is 0 Å². The molecule has 1 aliphatic heterocycles. The number of aliphatic hydroxyl groups is 1. The lowest BCUT2D eigenvalue weighted by Crippen LogP contribution is -2.43. The maximum Gasteiger partial charge on any atom is 0.0644 e. The third kappa shape index (κ3) is 5.37. The molecule has 2 N–H and O–H groups in total. The van der Waals surface area contributed by atoms with Crippen molar-refractivity contribution in [3.8, 4) is 0 Å². The van der Waals surface area contributed by atoms with Gasteiger partial charge >= 0.3 is 0 Å². The van der Waals surface area contributed by atoms with E-state index in [2.05, 4.69) is 57.3 Å². The molecule has 118 valence electrons. The van der Waals surface area contributed by atoms with Crippen molar-refractivity contribution in [2.45, 2.75) is 44.8 Å². The quantitative estimate of drug-likeness (QED) is 0.822. The zero-order chi connectivity index (χ0) is 15.3. The lowest BCUT2D eigenvalue weighted by molar-refractivity contribution is -0.00596. The maximum absolute atomic E-state index is 10.0. The second kappa shape index (κ2) is 7.73. The molecule has 0 amide bonds. The predicted octanol–water partition coefficient (Wildman–Crippen LogP) is 3.34. The van der Waals surface area contributed by atoms with Gasteiger partial charge in [-0.3, -0.25) is 0 Å². The molecule has 0 spiro atoms. The highest BCUT2D eigenvalue weighted by molar-refractivity contribution is 9.10. The first-order valence-corrected chi connectivity index (χ1v) is 8.73. The average molecular weight is 355 g/mol. The van der Waals surface area contributed by atoms with Crippen LogP contribution in [0.1, 0.15) is 44.7 Å². The predicted molar refractivity (Wildman–Crippen MR) is 91.5 cm³/mol. The van der Waals surface area contributed by atoms with E-state index in [9.17, 15) is 5.11 Å². The summed E-state index contributed by atoms with van der Waals surface area (Å²) in [7, 11) is 0. The van der Waals surface area contributed by atoms with Crippen LogP contribution in [0.2, 0.25) is 0 Å². The minimum Gasteiger partial charge on any atom is -0.390 e. The van der Waals surface area contributed by atoms with Crippen LogP contribution in [-0.2, 0) is 0 Å². The smallest absolute Gasteiger partial charge is 0.0644 e. The van der Waals surface area contributed by atoms with Crippen LogP contribution < -0.4 is 5.32 Å². The van der Waals surface area contributed by atoms with Crippen LogP contribution >= 0.6 is 15.9 Å². The molecule has 0 aliphatic carbocycles. The van der Waals surface area contributed by atoms with Crippen molar-refractivity contribution >= 4 is 15.9 Å². The Morgan fingerprint density at radius 3 is 2.71 bits per heavy atom. The summed E-state index contributed by atoms with van der Waals surface area (Å²) >= 11 is 3.56. The fourth-order valence-electron chi connectivity index (χ4n) is 2.93. The van der Waals surface area contributed by atoms with Crippen LogP contribution in [0.5, 0.6) is 0 Å². The zero-order valence-electron chi connectivity index (χ0n) is 13.1. The minimum absolute atomic E-state index is 0.398. The summed E-state index contributed by atoms with van der Waals surface area (Å²) in [4.78, 5) is 2.47. The van der Waals surface area contributed by atoms with E-state index in [1.54, 1.807) is 0 Å². The molecule has 4 heteroatoms. The summed E-state index contributed by atoms with van der Waals surface area (Å²) in [6.07, 6.45) is 2.87. The lowest BCUT2D eigenvalue weighted by Gasteiger charge is -2.36. The number of hydrogen-bond acceptors (Lipinski definition) is 3. The van der Waals surface area contributed by atoms with Crippen molar-refractivity contribution in [2.24, 2.45) is 0 Å². The van der Waals surface area contributed by atoms with Crippen molar-refractivity contribution in [2.75, 3.05) is 26.2 Å². The second-order valence-electron chi connectivity index (χ2n) is 6.29. The number of hydrogen-bond donors (Lipinski definition) is 2. The number of benzene rings is 1. The molecular formula is C17H27BrN2O. The van der Waals surface area contributed by atoms with E-state index in [1.165, 1.54) is 5.56 Å². The van der Waals surface area contributed by atoms with Gasteiger partial charge in [-0.2, -0.15) is 0 Å². The standard InChI is InChI=1S/C17H27BrN2O/c1-3-19-16(14-5-4-6-15(18)13-14)7-10-20-11-8-17(2,21)9-12-20/h4-6,13,16,19,21H,3,7-12H2,1-2H3. The van der Waals surface area contributed by atoms with E-state index in [0.717, 1.165) is 49.9 Å². The topological polar surface area (TPSA) is 35.5 Å². The SMILES string of the molecule is CCNC(CCN1CCC(C)(O)CC1)c1cccc(Br)c1. The van der Waals surface area contributed by atoms with Crippen LogP contribution in [0.15, 0.2) is 28.7 Å². The third-order valence-electron chi connectivity index (χ3n) is 4.37. The van der Waals surface area contributed by atoms with E-state index in [-0.39, 0.29) is 0 Å². The van der Waals surface area contributed by atoms with Crippen molar-refractivity contribution in [3.63, 3.8) is 0 Å². The van der Waals surface area contributed by atoms with Gasteiger partial charge < -0.3 is 15.3 Å². The summed E-state index contributed by atoms with van der Waals surface area (Å²) in [6.45, 7) is 8.18. The Labute approximate surface area is 136 Å². The molecule has 21 heavy (non-hydrogen) atoms. The summed E-state index contributed by atoms with van der Waals surface area (Å²) in [5.41, 5.74) is 0.886. The van der Waals surface area contributed by atoms with Gasteiger partial charge in [-0.1, -0.05) is 35.0 Å². The summed E-state index contributed by atoms with van der Waals surface area (Å²) < 4.78 is 1.14. The molecule has 0 aromatic heterocycles. The lowest BCUT2D eigenvalue weighted by atomic mass is 9.93. The van der Waals surface area contributed by atoms with E-state index < -0.39 is 5.60 Å². The van der Waals surface area contributed by atoms with Crippen LogP contribution in [0.4, 0.5) is 0 Å². The van der Waals surface area contributed by atoms with E-state index >= 15 is 0 Å². The number of nitrogens with one attached hydrogen (secondary N) is 1. The highest BCUT2D eigenvalue weighted by atomic mass is 79.9. The molecule has 1 heterocycles. The second-order valence-corrected chi connectivity index (χ2v) is 7.21. The van der Waals surface area contributed by atoms with Gasteiger partial charge in [0.05, 0.1) is 5.60 Å². The van der Waals surface area contributed by atoms with Crippen LogP contribution in [0.3, 0.4) is 0 Å². The number of rotatable bonds is 6. The number of halogens is 1. The van der Waals surface area contributed by atoms with Crippen molar-refractivity contribution in [1.82, 2.24) is 10.2 Å². The third-order valence-corrected chi connectivity index (χ3v) is 4.86. The van der Waals surface area contributed by atoms with Crippen LogP contribution in [-0.4, -0.2) is 41.8 Å². The summed E-state index contributed by atoms with van der Waals surface area (Å²) in [5, 5.41) is 13.6. The number of likely N-dealkylation sites (tertiary alicyclic amines) is 1. The molecule has 1 fully saturated rings. The monoisotopic (exact) mass is 354 g/mol. The molecule has 3 nitrogen and oxygen atoms in total. The first-order valence-electron chi connectivity index (χ1n) is 7.94. The van der Waals surface area contributed by atoms with Crippen LogP contribution in [0.25, 0.3) is 0 Å². The molecule has 1 atom stereocenters. The highest BCUT2D eigenvalue weighted by Gasteiger charge is 2.27. The molecule has 1 aromatic rings. The summed E-state index contributed by atoms with van der Waals surface area (Å²) in [6, 6.07) is 8.96. The van der Waals surface area contributed by atoms with Gasteiger partial charge in [0.15, 0.2) is 0 Å². The molecule has 2 rings (SSSR count). The Bertz CT molecular complexity index is 440.